The van der Waals surface area contributed by atoms with Crippen molar-refractivity contribution in [3.05, 3.63) is 59.9 Å². The summed E-state index contributed by atoms with van der Waals surface area (Å²) in [5.74, 6) is 1.10. The molecule has 1 aliphatic heterocycles. The fourth-order valence-corrected chi connectivity index (χ4v) is 3.51. The van der Waals surface area contributed by atoms with Gasteiger partial charge in [0.05, 0.1) is 0 Å². The van der Waals surface area contributed by atoms with Crippen molar-refractivity contribution < 1.29 is 18.7 Å². The fraction of sp³-hybridized carbons (Fsp3) is 0.409. The van der Waals surface area contributed by atoms with Crippen molar-refractivity contribution in [3.8, 4) is 11.5 Å². The van der Waals surface area contributed by atoms with Crippen molar-refractivity contribution in [2.24, 2.45) is 0 Å². The van der Waals surface area contributed by atoms with E-state index in [1.165, 1.54) is 12.1 Å². The number of fused-ring (bicyclic) bond motifs is 1. The van der Waals surface area contributed by atoms with Crippen molar-refractivity contribution >= 4 is 5.91 Å². The zero-order valence-electron chi connectivity index (χ0n) is 15.9. The molecule has 0 radical (unpaired) electrons. The minimum absolute atomic E-state index is 0.0481. The molecule has 4 rings (SSSR count). The van der Waals surface area contributed by atoms with Gasteiger partial charge in [-0.2, -0.15) is 0 Å². The average molecular weight is 384 g/mol. The second-order valence-electron chi connectivity index (χ2n) is 7.32. The van der Waals surface area contributed by atoms with Crippen LogP contribution in [0.4, 0.5) is 4.39 Å². The van der Waals surface area contributed by atoms with Crippen LogP contribution in [-0.2, 0) is 4.79 Å². The summed E-state index contributed by atoms with van der Waals surface area (Å²) in [4.78, 5) is 15.1. The predicted octanol–water partition coefficient (Wildman–Crippen LogP) is 3.31. The third-order valence-electron chi connectivity index (χ3n) is 5.13. The van der Waals surface area contributed by atoms with Gasteiger partial charge in [-0.1, -0.05) is 31.2 Å². The molecule has 0 saturated heterocycles. The van der Waals surface area contributed by atoms with Crippen LogP contribution < -0.4 is 14.8 Å². The van der Waals surface area contributed by atoms with Gasteiger partial charge in [0.2, 0.25) is 5.91 Å². The molecule has 5 nitrogen and oxygen atoms in total. The molecule has 2 aliphatic rings. The van der Waals surface area contributed by atoms with E-state index in [2.05, 4.69) is 10.2 Å². The van der Waals surface area contributed by atoms with Crippen molar-refractivity contribution in [3.63, 3.8) is 0 Å². The van der Waals surface area contributed by atoms with E-state index in [1.54, 1.807) is 12.1 Å². The molecule has 6 heteroatoms. The number of carbonyl (C=O) groups is 1. The van der Waals surface area contributed by atoms with Gasteiger partial charge in [0, 0.05) is 12.6 Å². The molecule has 1 heterocycles. The summed E-state index contributed by atoms with van der Waals surface area (Å²) >= 11 is 0. The highest BCUT2D eigenvalue weighted by atomic mass is 19.1. The number of hydrogen-bond donors (Lipinski definition) is 1. The highest BCUT2D eigenvalue weighted by Crippen LogP contribution is 2.32. The molecule has 1 saturated carbocycles. The average Bonchev–Trinajstić information content (AvgIpc) is 3.52. The lowest BCUT2D eigenvalue weighted by Crippen LogP contribution is -2.47. The topological polar surface area (TPSA) is 50.8 Å². The lowest BCUT2D eigenvalue weighted by molar-refractivity contribution is -0.127. The normalized spacial score (nSPS) is 19.3. The number of halogens is 1. The van der Waals surface area contributed by atoms with Gasteiger partial charge in [0.15, 0.2) is 11.5 Å². The monoisotopic (exact) mass is 384 g/mol. The van der Waals surface area contributed by atoms with Crippen LogP contribution in [0.3, 0.4) is 0 Å². The van der Waals surface area contributed by atoms with Crippen molar-refractivity contribution in [1.29, 1.82) is 0 Å². The molecule has 2 aromatic rings. The van der Waals surface area contributed by atoms with E-state index in [1.807, 2.05) is 31.2 Å². The van der Waals surface area contributed by atoms with Crippen LogP contribution in [0.25, 0.3) is 0 Å². The van der Waals surface area contributed by atoms with Gasteiger partial charge in [-0.05, 0) is 49.2 Å². The Morgan fingerprint density at radius 2 is 1.89 bits per heavy atom. The first-order valence-electron chi connectivity index (χ1n) is 9.82. The van der Waals surface area contributed by atoms with E-state index in [9.17, 15) is 9.18 Å². The Balaban J connectivity index is 1.53. The highest BCUT2D eigenvalue weighted by Gasteiger charge is 2.34. The molecular weight excluding hydrogens is 359 g/mol. The van der Waals surface area contributed by atoms with Crippen molar-refractivity contribution in [1.82, 2.24) is 10.2 Å². The quantitative estimate of drug-likeness (QED) is 0.796. The molecule has 1 amide bonds. The Morgan fingerprint density at radius 3 is 2.57 bits per heavy atom. The van der Waals surface area contributed by atoms with Gasteiger partial charge < -0.3 is 14.8 Å². The van der Waals surface area contributed by atoms with Crippen LogP contribution in [0, 0.1) is 5.82 Å². The van der Waals surface area contributed by atoms with Gasteiger partial charge in [-0.15, -0.1) is 0 Å². The largest absolute Gasteiger partial charge is 0.486 e. The Morgan fingerprint density at radius 1 is 1.18 bits per heavy atom. The number of ether oxygens (including phenoxy) is 2. The Bertz CT molecular complexity index is 823. The number of para-hydroxylation sites is 2. The highest BCUT2D eigenvalue weighted by molar-refractivity contribution is 5.83. The number of hydrogen-bond acceptors (Lipinski definition) is 4. The van der Waals surface area contributed by atoms with Gasteiger partial charge >= 0.3 is 0 Å². The SMILES string of the molecule is CCN(CC1COc2ccccc2O1)C(C(=O)NC1CC1)c1ccc(F)cc1. The van der Waals surface area contributed by atoms with Gasteiger partial charge in [0.25, 0.3) is 0 Å². The van der Waals surface area contributed by atoms with Crippen LogP contribution in [0.15, 0.2) is 48.5 Å². The lowest BCUT2D eigenvalue weighted by atomic mass is 10.0. The molecule has 1 aliphatic carbocycles. The number of benzene rings is 2. The summed E-state index contributed by atoms with van der Waals surface area (Å²) in [5, 5.41) is 3.09. The predicted molar refractivity (Wildman–Crippen MR) is 104 cm³/mol. The first-order valence-corrected chi connectivity index (χ1v) is 9.82. The number of rotatable bonds is 7. The third-order valence-corrected chi connectivity index (χ3v) is 5.13. The molecule has 28 heavy (non-hydrogen) atoms. The van der Waals surface area contributed by atoms with E-state index in [4.69, 9.17) is 9.47 Å². The van der Waals surface area contributed by atoms with Gasteiger partial charge in [-0.25, -0.2) is 4.39 Å². The molecule has 0 aromatic heterocycles. The molecule has 2 atom stereocenters. The second kappa shape index (κ2) is 8.19. The Labute approximate surface area is 164 Å². The van der Waals surface area contributed by atoms with Crippen LogP contribution in [0.5, 0.6) is 11.5 Å². The standard InChI is InChI=1S/C22H25FN2O3/c1-2-25(13-18-14-27-19-5-3-4-6-20(19)28-18)21(22(26)24-17-11-12-17)15-7-9-16(23)10-8-15/h3-10,17-18,21H,2,11-14H2,1H3,(H,24,26). The molecule has 1 fully saturated rings. The first-order chi connectivity index (χ1) is 13.6. The summed E-state index contributed by atoms with van der Waals surface area (Å²) in [5.41, 5.74) is 0.776. The Hall–Kier alpha value is -2.60. The molecule has 0 spiro atoms. The maximum absolute atomic E-state index is 13.4. The van der Waals surface area contributed by atoms with E-state index >= 15 is 0 Å². The Kier molecular flexibility index (Phi) is 5.48. The maximum atomic E-state index is 13.4. The number of amides is 1. The fourth-order valence-electron chi connectivity index (χ4n) is 3.51. The van der Waals surface area contributed by atoms with E-state index in [0.29, 0.717) is 19.7 Å². The molecule has 148 valence electrons. The minimum Gasteiger partial charge on any atom is -0.486 e. The minimum atomic E-state index is -0.494. The third kappa shape index (κ3) is 4.28. The van der Waals surface area contributed by atoms with Crippen molar-refractivity contribution in [2.75, 3.05) is 19.7 Å². The molecular formula is C22H25FN2O3. The van der Waals surface area contributed by atoms with E-state index < -0.39 is 6.04 Å². The lowest BCUT2D eigenvalue weighted by Gasteiger charge is -2.35. The maximum Gasteiger partial charge on any atom is 0.242 e. The van der Waals surface area contributed by atoms with Crippen LogP contribution >= 0.6 is 0 Å². The smallest absolute Gasteiger partial charge is 0.242 e. The van der Waals surface area contributed by atoms with Crippen LogP contribution in [0.2, 0.25) is 0 Å². The zero-order chi connectivity index (χ0) is 19.5. The number of carbonyl (C=O) groups excluding carboxylic acids is 1. The number of likely N-dealkylation sites (N-methyl/N-ethyl adjacent to an activating group) is 1. The summed E-state index contributed by atoms with van der Waals surface area (Å²) < 4.78 is 25.3. The van der Waals surface area contributed by atoms with Gasteiger partial charge in [-0.3, -0.25) is 9.69 Å². The second-order valence-corrected chi connectivity index (χ2v) is 7.32. The van der Waals surface area contributed by atoms with Gasteiger partial charge in [0.1, 0.15) is 24.6 Å². The van der Waals surface area contributed by atoms with E-state index in [0.717, 1.165) is 29.9 Å². The summed E-state index contributed by atoms with van der Waals surface area (Å²) in [6.07, 6.45) is 1.85. The molecule has 1 N–H and O–H groups in total. The van der Waals surface area contributed by atoms with Crippen LogP contribution in [0.1, 0.15) is 31.4 Å². The zero-order valence-corrected chi connectivity index (χ0v) is 15.9. The summed E-state index contributed by atoms with van der Waals surface area (Å²) in [7, 11) is 0. The van der Waals surface area contributed by atoms with Crippen molar-refractivity contribution in [2.45, 2.75) is 38.0 Å². The summed E-state index contributed by atoms with van der Waals surface area (Å²) in [6, 6.07) is 13.5. The first kappa shape index (κ1) is 18.7. The number of nitrogens with zero attached hydrogens (tertiary/aromatic N) is 1. The molecule has 2 aromatic carbocycles. The summed E-state index contributed by atoms with van der Waals surface area (Å²) in [6.45, 7) is 3.62. The van der Waals surface area contributed by atoms with Crippen LogP contribution in [-0.4, -0.2) is 42.6 Å². The number of nitrogens with one attached hydrogen (secondary N) is 1. The molecule has 2 unspecified atom stereocenters. The molecule has 0 bridgehead atoms. The van der Waals surface area contributed by atoms with E-state index in [-0.39, 0.29) is 23.9 Å².